The van der Waals surface area contributed by atoms with Gasteiger partial charge in [0.25, 0.3) is 5.91 Å². The third-order valence-corrected chi connectivity index (χ3v) is 3.04. The quantitative estimate of drug-likeness (QED) is 0.833. The van der Waals surface area contributed by atoms with Crippen molar-refractivity contribution in [2.75, 3.05) is 11.1 Å². The van der Waals surface area contributed by atoms with Crippen LogP contribution in [0.1, 0.15) is 10.4 Å². The lowest BCUT2D eigenvalue weighted by Crippen LogP contribution is -2.13. The van der Waals surface area contributed by atoms with Crippen molar-refractivity contribution in [3.05, 3.63) is 45.0 Å². The molecule has 98 valence electrons. The average molecular weight is 318 g/mol. The van der Waals surface area contributed by atoms with Crippen LogP contribution < -0.4 is 11.1 Å². The van der Waals surface area contributed by atoms with Gasteiger partial charge in [-0.05, 0) is 24.3 Å². The molecule has 1 heterocycles. The zero-order chi connectivity index (χ0) is 14.0. The van der Waals surface area contributed by atoms with Gasteiger partial charge in [0.1, 0.15) is 0 Å². The summed E-state index contributed by atoms with van der Waals surface area (Å²) in [5.74, 6) is -0.168. The highest BCUT2D eigenvalue weighted by atomic mass is 35.5. The number of nitrogens with one attached hydrogen (secondary N) is 1. The van der Waals surface area contributed by atoms with Crippen LogP contribution in [0.4, 0.5) is 11.5 Å². The smallest absolute Gasteiger partial charge is 0.256 e. The molecule has 0 aliphatic carbocycles. The minimum Gasteiger partial charge on any atom is -0.396 e. The molecule has 0 bridgehead atoms. The van der Waals surface area contributed by atoms with Crippen molar-refractivity contribution in [1.82, 2.24) is 10.2 Å². The van der Waals surface area contributed by atoms with E-state index >= 15 is 0 Å². The van der Waals surface area contributed by atoms with E-state index in [1.807, 2.05) is 0 Å². The van der Waals surface area contributed by atoms with E-state index in [4.69, 9.17) is 40.5 Å². The van der Waals surface area contributed by atoms with Gasteiger partial charge in [0.05, 0.1) is 15.7 Å². The van der Waals surface area contributed by atoms with Gasteiger partial charge < -0.3 is 11.1 Å². The molecule has 0 saturated heterocycles. The van der Waals surface area contributed by atoms with Crippen LogP contribution in [0.5, 0.6) is 0 Å². The Morgan fingerprint density at radius 3 is 2.26 bits per heavy atom. The van der Waals surface area contributed by atoms with E-state index in [1.54, 1.807) is 0 Å². The second-order valence-corrected chi connectivity index (χ2v) is 4.75. The predicted octanol–water partition coefficient (Wildman–Crippen LogP) is 3.27. The van der Waals surface area contributed by atoms with Gasteiger partial charge in [0.2, 0.25) is 0 Å². The molecule has 8 heteroatoms. The van der Waals surface area contributed by atoms with E-state index in [0.29, 0.717) is 0 Å². The second-order valence-electron chi connectivity index (χ2n) is 3.55. The number of benzene rings is 1. The molecule has 0 aliphatic heterocycles. The van der Waals surface area contributed by atoms with Crippen molar-refractivity contribution in [3.63, 3.8) is 0 Å². The molecule has 1 aromatic heterocycles. The van der Waals surface area contributed by atoms with Crippen molar-refractivity contribution in [2.24, 2.45) is 0 Å². The Balaban J connectivity index is 2.23. The number of hydrogen-bond acceptors (Lipinski definition) is 4. The number of nitrogens with two attached hydrogens (primary N) is 1. The minimum absolute atomic E-state index is 0.208. The van der Waals surface area contributed by atoms with Crippen LogP contribution in [0.15, 0.2) is 24.3 Å². The summed E-state index contributed by atoms with van der Waals surface area (Å²) in [6, 6.07) is 5.86. The van der Waals surface area contributed by atoms with E-state index in [9.17, 15) is 4.79 Å². The van der Waals surface area contributed by atoms with Gasteiger partial charge in [0.15, 0.2) is 11.0 Å². The standard InChI is InChI=1S/C11H7Cl3N4O/c12-6-3-5(4-7(13)10(6)15)11(19)16-9-2-1-8(14)17-18-9/h1-4H,15H2,(H,16,18,19). The summed E-state index contributed by atoms with van der Waals surface area (Å²) >= 11 is 17.3. The lowest BCUT2D eigenvalue weighted by Gasteiger charge is -2.07. The molecular weight excluding hydrogens is 311 g/mol. The van der Waals surface area contributed by atoms with Crippen molar-refractivity contribution in [1.29, 1.82) is 0 Å². The zero-order valence-corrected chi connectivity index (χ0v) is 11.6. The van der Waals surface area contributed by atoms with Crippen molar-refractivity contribution in [2.45, 2.75) is 0 Å². The Kier molecular flexibility index (Phi) is 4.09. The van der Waals surface area contributed by atoms with Gasteiger partial charge >= 0.3 is 0 Å². The van der Waals surface area contributed by atoms with Crippen molar-refractivity contribution < 1.29 is 4.79 Å². The summed E-state index contributed by atoms with van der Waals surface area (Å²) in [5.41, 5.74) is 6.08. The van der Waals surface area contributed by atoms with Gasteiger partial charge in [-0.2, -0.15) is 0 Å². The number of halogens is 3. The molecule has 2 rings (SSSR count). The van der Waals surface area contributed by atoms with Crippen LogP contribution in [0.2, 0.25) is 15.2 Å². The summed E-state index contributed by atoms with van der Waals surface area (Å²) in [6.45, 7) is 0. The van der Waals surface area contributed by atoms with E-state index < -0.39 is 5.91 Å². The molecule has 1 amide bonds. The largest absolute Gasteiger partial charge is 0.396 e. The summed E-state index contributed by atoms with van der Waals surface area (Å²) < 4.78 is 0. The number of aromatic nitrogens is 2. The Hall–Kier alpha value is -1.56. The van der Waals surface area contributed by atoms with E-state index in [1.165, 1.54) is 24.3 Å². The first-order valence-electron chi connectivity index (χ1n) is 5.02. The first kappa shape index (κ1) is 13.9. The first-order valence-corrected chi connectivity index (χ1v) is 6.16. The van der Waals surface area contributed by atoms with Crippen LogP contribution >= 0.6 is 34.8 Å². The van der Waals surface area contributed by atoms with Crippen molar-refractivity contribution in [3.8, 4) is 0 Å². The summed E-state index contributed by atoms with van der Waals surface area (Å²) in [4.78, 5) is 11.9. The SMILES string of the molecule is Nc1c(Cl)cc(C(=O)Nc2ccc(Cl)nn2)cc1Cl. The molecule has 1 aromatic carbocycles. The topological polar surface area (TPSA) is 80.9 Å². The lowest BCUT2D eigenvalue weighted by molar-refractivity contribution is 0.102. The zero-order valence-electron chi connectivity index (χ0n) is 9.32. The normalized spacial score (nSPS) is 10.3. The number of rotatable bonds is 2. The number of carbonyl (C=O) groups is 1. The Morgan fingerprint density at radius 2 is 1.74 bits per heavy atom. The fourth-order valence-corrected chi connectivity index (χ4v) is 1.87. The van der Waals surface area contributed by atoms with Gasteiger partial charge in [0, 0.05) is 5.56 Å². The second kappa shape index (κ2) is 5.61. The molecule has 3 N–H and O–H groups in total. The molecule has 0 radical (unpaired) electrons. The fraction of sp³-hybridized carbons (Fsp3) is 0. The molecular formula is C11H7Cl3N4O. The van der Waals surface area contributed by atoms with E-state index in [0.717, 1.165) is 0 Å². The number of nitrogens with zero attached hydrogens (tertiary/aromatic N) is 2. The highest BCUT2D eigenvalue weighted by Gasteiger charge is 2.12. The molecule has 2 aromatic rings. The van der Waals surface area contributed by atoms with Gasteiger partial charge in [-0.3, -0.25) is 4.79 Å². The molecule has 0 unspecified atom stereocenters. The van der Waals surface area contributed by atoms with E-state index in [-0.39, 0.29) is 32.3 Å². The van der Waals surface area contributed by atoms with Gasteiger partial charge in [-0.1, -0.05) is 34.8 Å². The molecule has 0 saturated carbocycles. The third-order valence-electron chi connectivity index (χ3n) is 2.21. The number of hydrogen-bond donors (Lipinski definition) is 2. The number of nitrogen functional groups attached to an aromatic ring is 1. The highest BCUT2D eigenvalue weighted by Crippen LogP contribution is 2.29. The summed E-state index contributed by atoms with van der Waals surface area (Å²) in [6.07, 6.45) is 0. The number of anilines is 2. The number of carbonyl (C=O) groups excluding carboxylic acids is 1. The lowest BCUT2D eigenvalue weighted by atomic mass is 10.2. The van der Waals surface area contributed by atoms with Gasteiger partial charge in [-0.15, -0.1) is 10.2 Å². The Labute approximate surface area is 123 Å². The maximum absolute atomic E-state index is 11.9. The first-order chi connectivity index (χ1) is 8.97. The molecule has 19 heavy (non-hydrogen) atoms. The maximum atomic E-state index is 11.9. The molecule has 0 fully saturated rings. The van der Waals surface area contributed by atoms with Crippen LogP contribution in [-0.4, -0.2) is 16.1 Å². The fourth-order valence-electron chi connectivity index (χ4n) is 1.29. The highest BCUT2D eigenvalue weighted by molar-refractivity contribution is 6.39. The van der Waals surface area contributed by atoms with Crippen LogP contribution in [0.3, 0.4) is 0 Å². The molecule has 5 nitrogen and oxygen atoms in total. The van der Waals surface area contributed by atoms with Crippen LogP contribution in [0.25, 0.3) is 0 Å². The molecule has 0 atom stereocenters. The van der Waals surface area contributed by atoms with Gasteiger partial charge in [-0.25, -0.2) is 0 Å². The van der Waals surface area contributed by atoms with Crippen LogP contribution in [0, 0.1) is 0 Å². The Morgan fingerprint density at radius 1 is 1.11 bits per heavy atom. The predicted molar refractivity (Wildman–Crippen MR) is 75.9 cm³/mol. The summed E-state index contributed by atoms with van der Waals surface area (Å²) in [7, 11) is 0. The average Bonchev–Trinajstić information content (AvgIpc) is 2.38. The molecule has 0 aliphatic rings. The van der Waals surface area contributed by atoms with Crippen LogP contribution in [-0.2, 0) is 0 Å². The van der Waals surface area contributed by atoms with E-state index in [2.05, 4.69) is 15.5 Å². The third kappa shape index (κ3) is 3.26. The van der Waals surface area contributed by atoms with Crippen molar-refractivity contribution >= 4 is 52.2 Å². The maximum Gasteiger partial charge on any atom is 0.256 e. The Bertz CT molecular complexity index is 607. The minimum atomic E-state index is -0.430. The monoisotopic (exact) mass is 316 g/mol. The summed E-state index contributed by atoms with van der Waals surface area (Å²) in [5, 5.41) is 10.5. The number of amides is 1. The molecule has 0 spiro atoms.